The zero-order valence-corrected chi connectivity index (χ0v) is 20.3. The molecular weight excluding hydrogens is 481 g/mol. The number of nitrogens with zero attached hydrogens (tertiary/aromatic N) is 1. The minimum absolute atomic E-state index is 0.271. The number of H-pyrrole nitrogens is 1. The molecule has 0 fully saturated rings. The minimum atomic E-state index is -4.16. The van der Waals surface area contributed by atoms with Crippen LogP contribution in [-0.4, -0.2) is 15.5 Å². The van der Waals surface area contributed by atoms with Crippen molar-refractivity contribution in [3.8, 4) is 11.5 Å². The van der Waals surface area contributed by atoms with Crippen LogP contribution in [0.5, 0.6) is 11.5 Å². The molecule has 184 valence electrons. The summed E-state index contributed by atoms with van der Waals surface area (Å²) >= 11 is 0. The Bertz CT molecular complexity index is 1440. The maximum Gasteiger partial charge on any atom is 0.457 e. The molecular formula is C26H24N3O6P. The molecule has 10 heteroatoms. The summed E-state index contributed by atoms with van der Waals surface area (Å²) in [5, 5.41) is 2.72. The zero-order valence-electron chi connectivity index (χ0n) is 19.4. The average Bonchev–Trinajstić information content (AvgIpc) is 2.87. The number of rotatable bonds is 9. The fourth-order valence-electron chi connectivity index (χ4n) is 3.45. The van der Waals surface area contributed by atoms with Gasteiger partial charge >= 0.3 is 13.3 Å². The first-order valence-corrected chi connectivity index (χ1v) is 12.7. The van der Waals surface area contributed by atoms with Crippen LogP contribution >= 0.6 is 7.60 Å². The second-order valence-corrected chi connectivity index (χ2v) is 9.89. The molecule has 4 aromatic rings. The molecule has 0 radical (unpaired) electrons. The topological polar surface area (TPSA) is 119 Å². The Morgan fingerprint density at radius 1 is 0.889 bits per heavy atom. The van der Waals surface area contributed by atoms with Crippen LogP contribution in [0, 0.1) is 6.92 Å². The second-order valence-electron chi connectivity index (χ2n) is 7.93. The maximum absolute atomic E-state index is 14.4. The fourth-order valence-corrected chi connectivity index (χ4v) is 5.37. The number of nitrogens with one attached hydrogen (secondary N) is 2. The Kier molecular flexibility index (Phi) is 7.51. The van der Waals surface area contributed by atoms with E-state index in [2.05, 4.69) is 10.3 Å². The van der Waals surface area contributed by atoms with Crippen molar-refractivity contribution in [2.45, 2.75) is 19.3 Å². The van der Waals surface area contributed by atoms with Crippen LogP contribution in [0.25, 0.3) is 0 Å². The molecule has 0 unspecified atom stereocenters. The number of hydrogen-bond acceptors (Lipinski definition) is 6. The van der Waals surface area contributed by atoms with Crippen molar-refractivity contribution in [2.24, 2.45) is 0 Å². The highest BCUT2D eigenvalue weighted by molar-refractivity contribution is 7.55. The van der Waals surface area contributed by atoms with Crippen LogP contribution in [-0.2, 0) is 15.9 Å². The van der Waals surface area contributed by atoms with Crippen molar-refractivity contribution in [2.75, 3.05) is 0 Å². The molecule has 9 nitrogen and oxygen atoms in total. The summed E-state index contributed by atoms with van der Waals surface area (Å²) in [7, 11) is -4.16. The van der Waals surface area contributed by atoms with Crippen LogP contribution in [0.1, 0.15) is 16.9 Å². The van der Waals surface area contributed by atoms with Crippen molar-refractivity contribution in [1.29, 1.82) is 0 Å². The molecule has 1 amide bonds. The Hall–Kier alpha value is -4.36. The first-order chi connectivity index (χ1) is 17.3. The minimum Gasteiger partial charge on any atom is -0.414 e. The third-order valence-corrected chi connectivity index (χ3v) is 7.17. The molecule has 3 aromatic carbocycles. The number of aromatic nitrogens is 2. The van der Waals surface area contributed by atoms with E-state index in [-0.39, 0.29) is 5.56 Å². The van der Waals surface area contributed by atoms with E-state index in [1.807, 2.05) is 0 Å². The standard InChI is InChI=1S/C26H24N3O6P/c1-19-17-29(26(32)28-24(19)31)18-23(30)27-25(20-11-5-2-6-12-20)36(33,34-21-13-7-3-8-14-21)35-22-15-9-4-10-16-22/h2-17,25H,18H2,1H3,(H,27,30)(H,28,31,32)/t25-/m1/s1. The van der Waals surface area contributed by atoms with E-state index in [1.54, 1.807) is 91.0 Å². The molecule has 0 saturated heterocycles. The molecule has 36 heavy (non-hydrogen) atoms. The third-order valence-electron chi connectivity index (χ3n) is 5.18. The smallest absolute Gasteiger partial charge is 0.414 e. The predicted molar refractivity (Wildman–Crippen MR) is 135 cm³/mol. The molecule has 0 aliphatic heterocycles. The lowest BCUT2D eigenvalue weighted by atomic mass is 10.2. The lowest BCUT2D eigenvalue weighted by Gasteiger charge is -2.28. The summed E-state index contributed by atoms with van der Waals surface area (Å²) in [5.41, 5.74) is -0.518. The van der Waals surface area contributed by atoms with Gasteiger partial charge in [0.15, 0.2) is 5.78 Å². The number of amides is 1. The van der Waals surface area contributed by atoms with Crippen molar-refractivity contribution in [1.82, 2.24) is 14.9 Å². The number of benzene rings is 3. The highest BCUT2D eigenvalue weighted by atomic mass is 31.2. The summed E-state index contributed by atoms with van der Waals surface area (Å²) in [6.07, 6.45) is 1.29. The molecule has 1 aromatic heterocycles. The maximum atomic E-state index is 14.4. The number of hydrogen-bond donors (Lipinski definition) is 2. The van der Waals surface area contributed by atoms with Crippen LogP contribution in [0.2, 0.25) is 0 Å². The Labute approximate surface area is 206 Å². The largest absolute Gasteiger partial charge is 0.457 e. The monoisotopic (exact) mass is 505 g/mol. The van der Waals surface area contributed by atoms with Gasteiger partial charge in [-0.3, -0.25) is 19.1 Å². The summed E-state index contributed by atoms with van der Waals surface area (Å²) in [6, 6.07) is 25.6. The van der Waals surface area contributed by atoms with Gasteiger partial charge in [0.05, 0.1) is 0 Å². The molecule has 1 heterocycles. The average molecular weight is 505 g/mol. The Morgan fingerprint density at radius 3 is 1.92 bits per heavy atom. The van der Waals surface area contributed by atoms with E-state index < -0.39 is 37.1 Å². The van der Waals surface area contributed by atoms with E-state index in [4.69, 9.17) is 9.05 Å². The quantitative estimate of drug-likeness (QED) is 0.332. The second kappa shape index (κ2) is 10.9. The summed E-state index contributed by atoms with van der Waals surface area (Å²) in [6.45, 7) is 1.10. The van der Waals surface area contributed by atoms with E-state index in [9.17, 15) is 18.9 Å². The molecule has 4 rings (SSSR count). The van der Waals surface area contributed by atoms with Gasteiger partial charge in [0.25, 0.3) is 5.56 Å². The molecule has 0 spiro atoms. The van der Waals surface area contributed by atoms with Crippen LogP contribution < -0.4 is 25.6 Å². The SMILES string of the molecule is Cc1cn(CC(=O)N[C@@H](c2ccccc2)P(=O)(Oc2ccccc2)Oc2ccccc2)c(=O)[nH]c1=O. The summed E-state index contributed by atoms with van der Waals surface area (Å²) in [5.74, 6) is -1.27. The Morgan fingerprint density at radius 2 is 1.39 bits per heavy atom. The molecule has 0 bridgehead atoms. The molecule has 2 N–H and O–H groups in total. The van der Waals surface area contributed by atoms with Crippen LogP contribution in [0.15, 0.2) is 107 Å². The van der Waals surface area contributed by atoms with Gasteiger partial charge in [-0.2, -0.15) is 0 Å². The van der Waals surface area contributed by atoms with Gasteiger partial charge in [-0.25, -0.2) is 9.36 Å². The summed E-state index contributed by atoms with van der Waals surface area (Å²) in [4.78, 5) is 39.1. The van der Waals surface area contributed by atoms with Gasteiger partial charge in [-0.1, -0.05) is 66.7 Å². The Balaban J connectivity index is 1.72. The highest BCUT2D eigenvalue weighted by Crippen LogP contribution is 2.58. The normalized spacial score (nSPS) is 11.9. The number of aromatic amines is 1. The van der Waals surface area contributed by atoms with Gasteiger partial charge in [0.1, 0.15) is 18.0 Å². The lowest BCUT2D eigenvalue weighted by Crippen LogP contribution is -2.38. The first-order valence-electron chi connectivity index (χ1n) is 11.1. The number of para-hydroxylation sites is 2. The van der Waals surface area contributed by atoms with Gasteiger partial charge in [0, 0.05) is 11.8 Å². The molecule has 0 saturated carbocycles. The molecule has 1 atom stereocenters. The predicted octanol–water partition coefficient (Wildman–Crippen LogP) is 4.01. The van der Waals surface area contributed by atoms with Crippen molar-refractivity contribution in [3.05, 3.63) is 129 Å². The number of carbonyl (C=O) groups is 1. The van der Waals surface area contributed by atoms with Crippen molar-refractivity contribution >= 4 is 13.5 Å². The summed E-state index contributed by atoms with van der Waals surface area (Å²) < 4.78 is 27.4. The van der Waals surface area contributed by atoms with Crippen molar-refractivity contribution in [3.63, 3.8) is 0 Å². The highest BCUT2D eigenvalue weighted by Gasteiger charge is 2.42. The van der Waals surface area contributed by atoms with Crippen molar-refractivity contribution < 1.29 is 18.4 Å². The van der Waals surface area contributed by atoms with E-state index >= 15 is 0 Å². The lowest BCUT2D eigenvalue weighted by molar-refractivity contribution is -0.122. The fraction of sp³-hybridized carbons (Fsp3) is 0.115. The van der Waals surface area contributed by atoms with Gasteiger partial charge in [0.2, 0.25) is 5.91 Å². The van der Waals surface area contributed by atoms with E-state index in [1.165, 1.54) is 13.1 Å². The first kappa shape index (κ1) is 24.8. The van der Waals surface area contributed by atoms with Gasteiger partial charge in [-0.15, -0.1) is 0 Å². The molecule has 0 aliphatic carbocycles. The number of carbonyl (C=O) groups excluding carboxylic acids is 1. The van der Waals surface area contributed by atoms with Gasteiger partial charge < -0.3 is 14.4 Å². The van der Waals surface area contributed by atoms with E-state index in [0.717, 1.165) is 4.57 Å². The molecule has 0 aliphatic rings. The number of aryl methyl sites for hydroxylation is 1. The van der Waals surface area contributed by atoms with Crippen LogP contribution in [0.4, 0.5) is 0 Å². The third kappa shape index (κ3) is 6.00. The zero-order chi connectivity index (χ0) is 25.5. The van der Waals surface area contributed by atoms with Gasteiger partial charge in [-0.05, 0) is 36.8 Å². The van der Waals surface area contributed by atoms with Crippen LogP contribution in [0.3, 0.4) is 0 Å². The van der Waals surface area contributed by atoms with E-state index in [0.29, 0.717) is 17.1 Å².